The Labute approximate surface area is 294 Å². The van der Waals surface area contributed by atoms with E-state index in [0.717, 1.165) is 0 Å². The summed E-state index contributed by atoms with van der Waals surface area (Å²) in [7, 11) is -7.10. The van der Waals surface area contributed by atoms with Gasteiger partial charge in [0.05, 0.1) is 45.4 Å². The minimum Gasteiger partial charge on any atom is -0.724 e. The van der Waals surface area contributed by atoms with E-state index in [-0.39, 0.29) is 13.2 Å². The minimum absolute atomic E-state index is 0.0981. The zero-order valence-electron chi connectivity index (χ0n) is 31.9. The highest BCUT2D eigenvalue weighted by Gasteiger charge is 2.49. The maximum Gasteiger partial charge on any atom is 0.346 e. The third-order valence-electron chi connectivity index (χ3n) is 10.2. The molecule has 2 bridgehead atoms. The van der Waals surface area contributed by atoms with Crippen LogP contribution in [0.25, 0.3) is 0 Å². The van der Waals surface area contributed by atoms with Gasteiger partial charge in [-0.3, -0.25) is 9.63 Å². The van der Waals surface area contributed by atoms with Crippen LogP contribution >= 0.6 is 0 Å². The first-order chi connectivity index (χ1) is 22.6. The molecule has 2 atom stereocenters. The van der Waals surface area contributed by atoms with Gasteiger partial charge in [0, 0.05) is 6.54 Å². The number of carbonyl (C=O) groups excluding carboxylic acids is 2. The SMILES string of the molecule is CC(C)[Si](OCCONC(=O)[C@@H]1CC[C@@H]2CN1C(=O)N2OS(=O)(=O)[O-])(C(C)C)C(C)C.CCCC[N+](CCCC)(CCCC)CCCC. The monoisotopic (exact) mass is 722 g/mol. The number of nitrogens with zero attached hydrogens (tertiary/aromatic N) is 3. The van der Waals surface area contributed by atoms with Crippen molar-refractivity contribution in [2.75, 3.05) is 45.9 Å². The van der Waals surface area contributed by atoms with Crippen molar-refractivity contribution in [3.63, 3.8) is 0 Å². The number of amides is 3. The Hall–Kier alpha value is -1.29. The van der Waals surface area contributed by atoms with Crippen LogP contribution in [0.2, 0.25) is 16.6 Å². The van der Waals surface area contributed by atoms with E-state index in [9.17, 15) is 22.6 Å². The molecule has 12 nitrogen and oxygen atoms in total. The van der Waals surface area contributed by atoms with Crippen LogP contribution in [0, 0.1) is 0 Å². The summed E-state index contributed by atoms with van der Waals surface area (Å²) < 4.78 is 44.5. The van der Waals surface area contributed by atoms with Crippen LogP contribution in [0.1, 0.15) is 133 Å². The first-order valence-corrected chi connectivity index (χ1v) is 22.2. The molecular formula is C34H70N4O8SSi. The second-order valence-corrected chi connectivity index (χ2v) is 21.0. The smallest absolute Gasteiger partial charge is 0.346 e. The van der Waals surface area contributed by atoms with E-state index < -0.39 is 42.7 Å². The van der Waals surface area contributed by atoms with Gasteiger partial charge in [-0.25, -0.2) is 18.7 Å². The molecule has 14 heteroatoms. The van der Waals surface area contributed by atoms with Gasteiger partial charge in [0.15, 0.2) is 8.32 Å². The molecule has 48 heavy (non-hydrogen) atoms. The second kappa shape index (κ2) is 21.8. The zero-order chi connectivity index (χ0) is 36.5. The van der Waals surface area contributed by atoms with E-state index >= 15 is 0 Å². The van der Waals surface area contributed by atoms with Crippen LogP contribution in [0.4, 0.5) is 4.79 Å². The van der Waals surface area contributed by atoms with Crippen molar-refractivity contribution in [1.29, 1.82) is 0 Å². The van der Waals surface area contributed by atoms with Gasteiger partial charge in [-0.1, -0.05) is 94.9 Å². The topological polar surface area (TPSA) is 138 Å². The summed E-state index contributed by atoms with van der Waals surface area (Å²) in [6, 6.07) is -2.24. The molecule has 2 fully saturated rings. The molecule has 0 aliphatic carbocycles. The number of quaternary nitrogens is 1. The maximum atomic E-state index is 12.5. The summed E-state index contributed by atoms with van der Waals surface area (Å²) in [5.74, 6) is -0.515. The largest absolute Gasteiger partial charge is 0.724 e. The number of hydroxylamine groups is 3. The Bertz CT molecular complexity index is 987. The number of nitrogens with one attached hydrogen (secondary N) is 1. The first kappa shape index (κ1) is 44.7. The first-order valence-electron chi connectivity index (χ1n) is 18.7. The highest BCUT2D eigenvalue weighted by Crippen LogP contribution is 2.42. The molecule has 2 aliphatic rings. The van der Waals surface area contributed by atoms with Crippen molar-refractivity contribution in [2.24, 2.45) is 0 Å². The number of rotatable bonds is 23. The molecule has 0 aromatic carbocycles. The molecule has 284 valence electrons. The van der Waals surface area contributed by atoms with Gasteiger partial charge in [0.25, 0.3) is 5.91 Å². The Morgan fingerprint density at radius 1 is 0.854 bits per heavy atom. The van der Waals surface area contributed by atoms with Crippen molar-refractivity contribution >= 4 is 30.7 Å². The molecule has 0 aromatic heterocycles. The van der Waals surface area contributed by atoms with Crippen LogP contribution < -0.4 is 5.48 Å². The van der Waals surface area contributed by atoms with Gasteiger partial charge in [0.2, 0.25) is 10.4 Å². The van der Waals surface area contributed by atoms with Crippen molar-refractivity contribution < 1.29 is 40.6 Å². The summed E-state index contributed by atoms with van der Waals surface area (Å²) in [4.78, 5) is 31.3. The zero-order valence-corrected chi connectivity index (χ0v) is 33.7. The average molecular weight is 723 g/mol. The van der Waals surface area contributed by atoms with Gasteiger partial charge in [-0.2, -0.15) is 9.35 Å². The van der Waals surface area contributed by atoms with Gasteiger partial charge < -0.3 is 18.4 Å². The Morgan fingerprint density at radius 2 is 1.31 bits per heavy atom. The predicted molar refractivity (Wildman–Crippen MR) is 192 cm³/mol. The van der Waals surface area contributed by atoms with Crippen LogP contribution in [-0.2, 0) is 28.7 Å². The standard InChI is InChI=1S/C18H35N3O8SSi.C16H36N/c1-12(2)31(13(3)4,14(5)6)28-10-9-27-19-17(22)16-8-7-15-11-20(16)18(23)21(15)29-30(24,25)26;1-5-9-13-17(14-10-6-2,15-11-7-3)16-12-8-4/h12-16H,7-11H2,1-6H3,(H,19,22)(H,24,25,26);5-16H2,1-4H3/q;+1/p-1/t15-,16+;/m1./s1. The van der Waals surface area contributed by atoms with E-state index in [0.29, 0.717) is 41.1 Å². The molecule has 0 unspecified atom stereocenters. The summed E-state index contributed by atoms with van der Waals surface area (Å²) >= 11 is 0. The molecule has 1 N–H and O–H groups in total. The lowest BCUT2D eigenvalue weighted by molar-refractivity contribution is -0.929. The van der Waals surface area contributed by atoms with Crippen molar-refractivity contribution in [3.05, 3.63) is 0 Å². The molecule has 2 aliphatic heterocycles. The molecular weight excluding hydrogens is 653 g/mol. The quantitative estimate of drug-likeness (QED) is 0.0301. The average Bonchev–Trinajstić information content (AvgIpc) is 3.25. The lowest BCUT2D eigenvalue weighted by atomic mass is 10.0. The fourth-order valence-electron chi connectivity index (χ4n) is 7.70. The van der Waals surface area contributed by atoms with Crippen molar-refractivity contribution in [3.8, 4) is 0 Å². The lowest BCUT2D eigenvalue weighted by Crippen LogP contribution is -2.50. The van der Waals surface area contributed by atoms with Crippen molar-refractivity contribution in [1.82, 2.24) is 15.4 Å². The number of unbranched alkanes of at least 4 members (excludes halogenated alkanes) is 4. The molecule has 0 aromatic rings. The number of hydrogen-bond donors (Lipinski definition) is 1. The summed E-state index contributed by atoms with van der Waals surface area (Å²) in [6.45, 7) is 28.7. The second-order valence-electron chi connectivity index (χ2n) is 14.6. The van der Waals surface area contributed by atoms with E-state index in [4.69, 9.17) is 9.26 Å². The van der Waals surface area contributed by atoms with E-state index in [1.165, 1.54) is 86.9 Å². The number of carbonyl (C=O) groups is 2. The highest BCUT2D eigenvalue weighted by atomic mass is 32.3. The normalized spacial score (nSPS) is 18.6. The van der Waals surface area contributed by atoms with Crippen LogP contribution in [0.15, 0.2) is 0 Å². The fraction of sp³-hybridized carbons (Fsp3) is 0.941. The molecule has 2 saturated heterocycles. The van der Waals surface area contributed by atoms with E-state index in [2.05, 4.69) is 79.0 Å². The van der Waals surface area contributed by atoms with Gasteiger partial charge >= 0.3 is 6.03 Å². The van der Waals surface area contributed by atoms with Crippen LogP contribution in [0.5, 0.6) is 0 Å². The summed E-state index contributed by atoms with van der Waals surface area (Å²) in [5, 5.41) is 0.540. The molecule has 2 rings (SSSR count). The summed E-state index contributed by atoms with van der Waals surface area (Å²) in [5.41, 5.74) is 3.65. The number of piperidine rings is 1. The Morgan fingerprint density at radius 3 is 1.71 bits per heavy atom. The number of hydrogen-bond acceptors (Lipinski definition) is 8. The third-order valence-corrected chi connectivity index (χ3v) is 16.6. The van der Waals surface area contributed by atoms with Gasteiger partial charge in [-0.15, -0.1) is 0 Å². The third kappa shape index (κ3) is 13.4. The van der Waals surface area contributed by atoms with Crippen LogP contribution in [-0.4, -0.2) is 106 Å². The predicted octanol–water partition coefficient (Wildman–Crippen LogP) is 6.89. The van der Waals surface area contributed by atoms with E-state index in [1.54, 1.807) is 0 Å². The molecule has 3 amide bonds. The lowest BCUT2D eigenvalue weighted by Gasteiger charge is -2.42. The Balaban J connectivity index is 0.000000576. The molecule has 0 saturated carbocycles. The fourth-order valence-corrected chi connectivity index (χ4v) is 13.5. The summed E-state index contributed by atoms with van der Waals surface area (Å²) in [6.07, 6.45) is 11.7. The number of fused-ring (bicyclic) bond motifs is 2. The maximum absolute atomic E-state index is 12.5. The number of urea groups is 1. The minimum atomic E-state index is -5.08. The van der Waals surface area contributed by atoms with Gasteiger partial charge in [0.1, 0.15) is 6.04 Å². The van der Waals surface area contributed by atoms with E-state index in [1.807, 2.05) is 0 Å². The molecule has 0 spiro atoms. The molecule has 2 heterocycles. The highest BCUT2D eigenvalue weighted by molar-refractivity contribution is 7.80. The molecule has 0 radical (unpaired) electrons. The van der Waals surface area contributed by atoms with Crippen LogP contribution in [0.3, 0.4) is 0 Å². The van der Waals surface area contributed by atoms with Gasteiger partial charge in [-0.05, 0) is 55.1 Å². The Kier molecular flexibility index (Phi) is 20.3. The van der Waals surface area contributed by atoms with Crippen molar-refractivity contribution in [2.45, 2.75) is 162 Å².